The van der Waals surface area contributed by atoms with E-state index in [4.69, 9.17) is 19.6 Å². The third-order valence-corrected chi connectivity index (χ3v) is 6.78. The number of ether oxygens (including phenoxy) is 2. The molecular weight excluding hydrogens is 442 g/mol. The summed E-state index contributed by atoms with van der Waals surface area (Å²) < 4.78 is 12.7. The Morgan fingerprint density at radius 1 is 1.14 bits per heavy atom. The van der Waals surface area contributed by atoms with E-state index in [0.717, 1.165) is 46.7 Å². The fourth-order valence-corrected chi connectivity index (χ4v) is 4.53. The number of hydrogen-bond acceptors (Lipinski definition) is 6. The van der Waals surface area contributed by atoms with Crippen LogP contribution in [-0.4, -0.2) is 39.0 Å². The average Bonchev–Trinajstić information content (AvgIpc) is 3.52. The summed E-state index contributed by atoms with van der Waals surface area (Å²) in [5, 5.41) is 8.63. The number of fused-ring (bicyclic) bond motifs is 2. The van der Waals surface area contributed by atoms with Crippen molar-refractivity contribution in [2.45, 2.75) is 44.9 Å². The van der Waals surface area contributed by atoms with Crippen LogP contribution in [0.2, 0.25) is 0 Å². The molecule has 0 unspecified atom stereocenters. The van der Waals surface area contributed by atoms with Crippen LogP contribution in [0.15, 0.2) is 48.7 Å². The van der Waals surface area contributed by atoms with Crippen LogP contribution >= 0.6 is 0 Å². The highest BCUT2D eigenvalue weighted by Crippen LogP contribution is 2.41. The fraction of sp³-hybridized carbons (Fsp3) is 0.333. The molecule has 1 amide bonds. The molecule has 1 N–H and O–H groups in total. The molecule has 0 saturated heterocycles. The highest BCUT2D eigenvalue weighted by molar-refractivity contribution is 6.06. The molecule has 4 aromatic rings. The van der Waals surface area contributed by atoms with Gasteiger partial charge in [-0.25, -0.2) is 9.97 Å². The second-order valence-corrected chi connectivity index (χ2v) is 9.89. The van der Waals surface area contributed by atoms with Crippen LogP contribution < -0.4 is 14.8 Å². The standard InChI is InChI=1S/C27H27N5O3/c1-16-24-19(26(33)29-14-27(2,3)18-9-10-21-22(12-18)35-15-34-21)13-20(17-7-8-17)30-25(24)32(31-16)23-6-4-5-11-28-23/h4-6,9-13,17H,7-8,14-15H2,1-3H3,(H,29,33). The van der Waals surface area contributed by atoms with E-state index in [2.05, 4.69) is 24.1 Å². The van der Waals surface area contributed by atoms with Crippen LogP contribution in [0.3, 0.4) is 0 Å². The minimum absolute atomic E-state index is 0.128. The number of pyridine rings is 2. The molecule has 3 aromatic heterocycles. The number of rotatable bonds is 6. The summed E-state index contributed by atoms with van der Waals surface area (Å²) in [7, 11) is 0. The summed E-state index contributed by atoms with van der Waals surface area (Å²) in [5.74, 6) is 2.44. The van der Waals surface area contributed by atoms with Gasteiger partial charge in [-0.2, -0.15) is 9.78 Å². The van der Waals surface area contributed by atoms with Gasteiger partial charge in [0.15, 0.2) is 23.0 Å². The average molecular weight is 470 g/mol. The Morgan fingerprint density at radius 3 is 2.74 bits per heavy atom. The minimum Gasteiger partial charge on any atom is -0.454 e. The summed E-state index contributed by atoms with van der Waals surface area (Å²) >= 11 is 0. The Kier molecular flexibility index (Phi) is 4.98. The number of carbonyl (C=O) groups is 1. The summed E-state index contributed by atoms with van der Waals surface area (Å²) in [5.41, 5.74) is 3.73. The molecule has 0 bridgehead atoms. The number of aromatic nitrogens is 4. The fourth-order valence-electron chi connectivity index (χ4n) is 4.53. The van der Waals surface area contributed by atoms with Crippen molar-refractivity contribution >= 4 is 16.9 Å². The molecule has 1 fully saturated rings. The van der Waals surface area contributed by atoms with Crippen LogP contribution in [0.25, 0.3) is 16.9 Å². The van der Waals surface area contributed by atoms with E-state index >= 15 is 0 Å². The van der Waals surface area contributed by atoms with Crippen LogP contribution in [0.5, 0.6) is 11.5 Å². The number of hydrogen-bond donors (Lipinski definition) is 1. The monoisotopic (exact) mass is 469 g/mol. The minimum atomic E-state index is -0.310. The van der Waals surface area contributed by atoms with Crippen LogP contribution in [0.1, 0.15) is 59.9 Å². The molecule has 8 nitrogen and oxygen atoms in total. The lowest BCUT2D eigenvalue weighted by Gasteiger charge is -2.26. The predicted octanol–water partition coefficient (Wildman–Crippen LogP) is 4.44. The number of nitrogens with one attached hydrogen (secondary N) is 1. The van der Waals surface area contributed by atoms with Gasteiger partial charge in [-0.1, -0.05) is 26.0 Å². The van der Waals surface area contributed by atoms with Gasteiger partial charge in [-0.15, -0.1) is 0 Å². The maximum Gasteiger partial charge on any atom is 0.252 e. The maximum atomic E-state index is 13.6. The Balaban J connectivity index is 1.33. The number of amides is 1. The van der Waals surface area contributed by atoms with Gasteiger partial charge in [0.1, 0.15) is 0 Å². The van der Waals surface area contributed by atoms with E-state index < -0.39 is 0 Å². The van der Waals surface area contributed by atoms with Gasteiger partial charge in [0.2, 0.25) is 6.79 Å². The number of nitrogens with zero attached hydrogens (tertiary/aromatic N) is 4. The Morgan fingerprint density at radius 2 is 1.97 bits per heavy atom. The lowest BCUT2D eigenvalue weighted by atomic mass is 9.84. The molecule has 0 radical (unpaired) electrons. The third-order valence-electron chi connectivity index (χ3n) is 6.78. The third kappa shape index (κ3) is 3.88. The quantitative estimate of drug-likeness (QED) is 0.449. The number of benzene rings is 1. The van der Waals surface area contributed by atoms with Crippen LogP contribution in [-0.2, 0) is 5.41 Å². The van der Waals surface area contributed by atoms with Gasteiger partial charge < -0.3 is 14.8 Å². The zero-order valence-corrected chi connectivity index (χ0v) is 20.0. The normalized spacial score (nSPS) is 14.9. The lowest BCUT2D eigenvalue weighted by Crippen LogP contribution is -2.36. The van der Waals surface area contributed by atoms with Crippen LogP contribution in [0.4, 0.5) is 0 Å². The van der Waals surface area contributed by atoms with Crippen LogP contribution in [0, 0.1) is 6.92 Å². The first-order chi connectivity index (χ1) is 16.9. The lowest BCUT2D eigenvalue weighted by molar-refractivity contribution is 0.0947. The first kappa shape index (κ1) is 21.6. The van der Waals surface area contributed by atoms with Gasteiger partial charge in [-0.05, 0) is 55.7 Å². The first-order valence-electron chi connectivity index (χ1n) is 11.9. The van der Waals surface area contributed by atoms with E-state index in [0.29, 0.717) is 29.5 Å². The molecule has 35 heavy (non-hydrogen) atoms. The molecule has 4 heterocycles. The van der Waals surface area contributed by atoms with Gasteiger partial charge in [-0.3, -0.25) is 4.79 Å². The molecule has 2 aliphatic rings. The molecule has 1 aliphatic heterocycles. The van der Waals surface area contributed by atoms with Gasteiger partial charge >= 0.3 is 0 Å². The van der Waals surface area contributed by atoms with Crippen molar-refractivity contribution in [1.82, 2.24) is 25.1 Å². The zero-order valence-electron chi connectivity index (χ0n) is 20.0. The smallest absolute Gasteiger partial charge is 0.252 e. The molecule has 0 atom stereocenters. The topological polar surface area (TPSA) is 91.2 Å². The molecule has 178 valence electrons. The molecule has 1 saturated carbocycles. The Hall–Kier alpha value is -3.94. The van der Waals surface area contributed by atoms with E-state index in [1.807, 2.05) is 49.4 Å². The highest BCUT2D eigenvalue weighted by atomic mass is 16.7. The molecule has 1 aliphatic carbocycles. The second kappa shape index (κ2) is 8.08. The van der Waals surface area contributed by atoms with Gasteiger partial charge in [0.05, 0.1) is 16.6 Å². The summed E-state index contributed by atoms with van der Waals surface area (Å²) in [6.07, 6.45) is 3.91. The first-order valence-corrected chi connectivity index (χ1v) is 11.9. The Labute approximate surface area is 203 Å². The summed E-state index contributed by atoms with van der Waals surface area (Å²) in [6.45, 7) is 6.82. The molecule has 6 rings (SSSR count). The van der Waals surface area contributed by atoms with Crippen molar-refractivity contribution in [3.63, 3.8) is 0 Å². The largest absolute Gasteiger partial charge is 0.454 e. The molecule has 8 heteroatoms. The molecule has 0 spiro atoms. The van der Waals surface area contributed by atoms with Gasteiger partial charge in [0.25, 0.3) is 5.91 Å². The zero-order chi connectivity index (χ0) is 24.2. The van der Waals surface area contributed by atoms with Gasteiger partial charge in [0, 0.05) is 29.8 Å². The second-order valence-electron chi connectivity index (χ2n) is 9.89. The van der Waals surface area contributed by atoms with E-state index in [1.54, 1.807) is 10.9 Å². The summed E-state index contributed by atoms with van der Waals surface area (Å²) in [4.78, 5) is 22.9. The van der Waals surface area contributed by atoms with Crippen molar-refractivity contribution in [2.24, 2.45) is 0 Å². The molecule has 1 aromatic carbocycles. The van der Waals surface area contributed by atoms with E-state index in [1.165, 1.54) is 0 Å². The number of aryl methyl sites for hydroxylation is 1. The maximum absolute atomic E-state index is 13.6. The van der Waals surface area contributed by atoms with Crippen molar-refractivity contribution < 1.29 is 14.3 Å². The summed E-state index contributed by atoms with van der Waals surface area (Å²) in [6, 6.07) is 13.6. The van der Waals surface area contributed by atoms with Crippen molar-refractivity contribution in [3.8, 4) is 17.3 Å². The van der Waals surface area contributed by atoms with Crippen molar-refractivity contribution in [1.29, 1.82) is 0 Å². The van der Waals surface area contributed by atoms with E-state index in [-0.39, 0.29) is 18.1 Å². The van der Waals surface area contributed by atoms with Crippen molar-refractivity contribution in [2.75, 3.05) is 13.3 Å². The predicted molar refractivity (Wildman–Crippen MR) is 131 cm³/mol. The molecular formula is C27H27N5O3. The van der Waals surface area contributed by atoms with Crippen molar-refractivity contribution in [3.05, 3.63) is 71.2 Å². The number of carbonyl (C=O) groups excluding carboxylic acids is 1. The van der Waals surface area contributed by atoms with E-state index in [9.17, 15) is 4.79 Å². The Bertz CT molecular complexity index is 1440. The highest BCUT2D eigenvalue weighted by Gasteiger charge is 2.30. The SMILES string of the molecule is Cc1nn(-c2ccccn2)c2nc(C3CC3)cc(C(=O)NCC(C)(C)c3ccc4c(c3)OCO4)c12.